The van der Waals surface area contributed by atoms with Gasteiger partial charge in [0, 0.05) is 38.8 Å². The molecule has 2 fully saturated rings. The zero-order valence-corrected chi connectivity index (χ0v) is 13.5. The Morgan fingerprint density at radius 3 is 2.45 bits per heavy atom. The summed E-state index contributed by atoms with van der Waals surface area (Å²) in [5, 5.41) is 0. The third kappa shape index (κ3) is 3.73. The van der Waals surface area contributed by atoms with Crippen LogP contribution in [0.3, 0.4) is 0 Å². The lowest BCUT2D eigenvalue weighted by molar-refractivity contribution is -0.143. The molecule has 0 saturated carbocycles. The van der Waals surface area contributed by atoms with Crippen LogP contribution in [-0.4, -0.2) is 72.0 Å². The quantitative estimate of drug-likeness (QED) is 0.769. The maximum atomic E-state index is 12.6. The molecule has 0 aromatic rings. The summed E-state index contributed by atoms with van der Waals surface area (Å²) in [6, 6.07) is 0.496. The summed E-state index contributed by atoms with van der Waals surface area (Å²) < 4.78 is 0. The summed E-state index contributed by atoms with van der Waals surface area (Å²) >= 11 is 0. The zero-order valence-electron chi connectivity index (χ0n) is 13.5. The molecular weight excluding hydrogens is 250 g/mol. The van der Waals surface area contributed by atoms with Gasteiger partial charge in [0.1, 0.15) is 0 Å². The Labute approximate surface area is 124 Å². The van der Waals surface area contributed by atoms with Gasteiger partial charge in [0.25, 0.3) is 0 Å². The summed E-state index contributed by atoms with van der Waals surface area (Å²) in [6.07, 6.45) is 4.77. The normalized spacial score (nSPS) is 26.5. The number of carbonyl (C=O) groups excluding carboxylic acids is 1. The summed E-state index contributed by atoms with van der Waals surface area (Å²) in [4.78, 5) is 19.6. The predicted octanol–water partition coefficient (Wildman–Crippen LogP) is 1.80. The summed E-state index contributed by atoms with van der Waals surface area (Å²) in [5.41, 5.74) is 0. The van der Waals surface area contributed by atoms with Gasteiger partial charge in [0.05, 0.1) is 6.04 Å². The molecule has 116 valence electrons. The van der Waals surface area contributed by atoms with Crippen LogP contribution in [0.25, 0.3) is 0 Å². The predicted molar refractivity (Wildman–Crippen MR) is 82.8 cm³/mol. The molecule has 4 heteroatoms. The Morgan fingerprint density at radius 1 is 1.15 bits per heavy atom. The third-order valence-corrected chi connectivity index (χ3v) is 4.74. The van der Waals surface area contributed by atoms with Crippen molar-refractivity contribution in [2.24, 2.45) is 0 Å². The van der Waals surface area contributed by atoms with Gasteiger partial charge < -0.3 is 9.80 Å². The molecule has 0 bridgehead atoms. The van der Waals surface area contributed by atoms with Gasteiger partial charge in [-0.3, -0.25) is 9.69 Å². The molecule has 0 aromatic carbocycles. The van der Waals surface area contributed by atoms with E-state index in [0.29, 0.717) is 11.9 Å². The fourth-order valence-corrected chi connectivity index (χ4v) is 3.41. The lowest BCUT2D eigenvalue weighted by Crippen LogP contribution is -2.58. The number of amides is 1. The molecule has 0 radical (unpaired) electrons. The second-order valence-corrected chi connectivity index (χ2v) is 6.51. The van der Waals surface area contributed by atoms with Crippen molar-refractivity contribution < 1.29 is 4.79 Å². The van der Waals surface area contributed by atoms with E-state index in [9.17, 15) is 4.79 Å². The van der Waals surface area contributed by atoms with Crippen molar-refractivity contribution in [2.45, 2.75) is 58.5 Å². The molecule has 0 aromatic heterocycles. The standard InChI is InChI=1S/C16H31N3O/c1-4-5-8-17-10-12-18(13-11-17)15-7-6-9-19(14(2)3)16(15)20/h14-15H,4-13H2,1-3H3. The Morgan fingerprint density at radius 2 is 1.85 bits per heavy atom. The molecule has 0 N–H and O–H groups in total. The van der Waals surface area contributed by atoms with Crippen molar-refractivity contribution >= 4 is 5.91 Å². The summed E-state index contributed by atoms with van der Waals surface area (Å²) in [6.45, 7) is 13.1. The van der Waals surface area contributed by atoms with E-state index in [1.165, 1.54) is 19.4 Å². The Hall–Kier alpha value is -0.610. The van der Waals surface area contributed by atoms with Crippen LogP contribution in [0.15, 0.2) is 0 Å². The number of piperidine rings is 1. The molecule has 4 nitrogen and oxygen atoms in total. The average Bonchev–Trinajstić information content (AvgIpc) is 2.46. The number of hydrogen-bond donors (Lipinski definition) is 0. The molecule has 1 atom stereocenters. The highest BCUT2D eigenvalue weighted by Crippen LogP contribution is 2.20. The molecule has 0 spiro atoms. The lowest BCUT2D eigenvalue weighted by atomic mass is 10.0. The van der Waals surface area contributed by atoms with Gasteiger partial charge in [0.2, 0.25) is 5.91 Å². The van der Waals surface area contributed by atoms with Crippen LogP contribution >= 0.6 is 0 Å². The van der Waals surface area contributed by atoms with Crippen LogP contribution in [0.1, 0.15) is 46.5 Å². The number of nitrogens with zero attached hydrogens (tertiary/aromatic N) is 3. The zero-order chi connectivity index (χ0) is 14.5. The third-order valence-electron chi connectivity index (χ3n) is 4.74. The number of unbranched alkanes of at least 4 members (excludes halogenated alkanes) is 1. The van der Waals surface area contributed by atoms with E-state index < -0.39 is 0 Å². The Balaban J connectivity index is 1.85. The fraction of sp³-hybridized carbons (Fsp3) is 0.938. The van der Waals surface area contributed by atoms with Gasteiger partial charge in [-0.05, 0) is 39.7 Å². The number of piperazine rings is 1. The van der Waals surface area contributed by atoms with Crippen molar-refractivity contribution in [1.82, 2.24) is 14.7 Å². The molecule has 2 aliphatic heterocycles. The van der Waals surface area contributed by atoms with Crippen molar-refractivity contribution in [3.8, 4) is 0 Å². The molecule has 2 rings (SSSR count). The number of rotatable bonds is 5. The number of carbonyl (C=O) groups is 1. The second kappa shape index (κ2) is 7.41. The van der Waals surface area contributed by atoms with E-state index in [-0.39, 0.29) is 6.04 Å². The number of hydrogen-bond acceptors (Lipinski definition) is 3. The average molecular weight is 281 g/mol. The Kier molecular flexibility index (Phi) is 5.85. The Bertz CT molecular complexity index is 311. The minimum absolute atomic E-state index is 0.152. The maximum absolute atomic E-state index is 12.6. The maximum Gasteiger partial charge on any atom is 0.240 e. The van der Waals surface area contributed by atoms with Crippen LogP contribution in [0, 0.1) is 0 Å². The largest absolute Gasteiger partial charge is 0.339 e. The van der Waals surface area contributed by atoms with E-state index in [4.69, 9.17) is 0 Å². The van der Waals surface area contributed by atoms with Crippen LogP contribution in [0.4, 0.5) is 0 Å². The van der Waals surface area contributed by atoms with Crippen molar-refractivity contribution in [1.29, 1.82) is 0 Å². The molecule has 0 aliphatic carbocycles. The summed E-state index contributed by atoms with van der Waals surface area (Å²) in [7, 11) is 0. The monoisotopic (exact) mass is 281 g/mol. The number of likely N-dealkylation sites (tertiary alicyclic amines) is 1. The topological polar surface area (TPSA) is 26.8 Å². The van der Waals surface area contributed by atoms with Crippen LogP contribution < -0.4 is 0 Å². The lowest BCUT2D eigenvalue weighted by Gasteiger charge is -2.43. The van der Waals surface area contributed by atoms with Gasteiger partial charge in [0.15, 0.2) is 0 Å². The van der Waals surface area contributed by atoms with Gasteiger partial charge in [-0.2, -0.15) is 0 Å². The first-order valence-electron chi connectivity index (χ1n) is 8.40. The summed E-state index contributed by atoms with van der Waals surface area (Å²) in [5.74, 6) is 0.369. The van der Waals surface area contributed by atoms with Gasteiger partial charge in [-0.25, -0.2) is 0 Å². The van der Waals surface area contributed by atoms with Crippen LogP contribution in [0.2, 0.25) is 0 Å². The fourth-order valence-electron chi connectivity index (χ4n) is 3.41. The van der Waals surface area contributed by atoms with E-state index in [1.807, 2.05) is 0 Å². The second-order valence-electron chi connectivity index (χ2n) is 6.51. The minimum atomic E-state index is 0.152. The molecule has 2 saturated heterocycles. The van der Waals surface area contributed by atoms with Crippen molar-refractivity contribution in [3.63, 3.8) is 0 Å². The molecular formula is C16H31N3O. The van der Waals surface area contributed by atoms with E-state index in [0.717, 1.165) is 45.6 Å². The van der Waals surface area contributed by atoms with E-state index >= 15 is 0 Å². The van der Waals surface area contributed by atoms with Crippen LogP contribution in [-0.2, 0) is 4.79 Å². The van der Waals surface area contributed by atoms with Crippen LogP contribution in [0.5, 0.6) is 0 Å². The molecule has 20 heavy (non-hydrogen) atoms. The smallest absolute Gasteiger partial charge is 0.240 e. The molecule has 1 unspecified atom stereocenters. The van der Waals surface area contributed by atoms with E-state index in [2.05, 4.69) is 35.5 Å². The molecule has 1 amide bonds. The highest BCUT2D eigenvalue weighted by molar-refractivity contribution is 5.82. The van der Waals surface area contributed by atoms with E-state index in [1.54, 1.807) is 0 Å². The van der Waals surface area contributed by atoms with Gasteiger partial charge >= 0.3 is 0 Å². The minimum Gasteiger partial charge on any atom is -0.339 e. The highest BCUT2D eigenvalue weighted by Gasteiger charge is 2.35. The first kappa shape index (κ1) is 15.8. The van der Waals surface area contributed by atoms with Crippen molar-refractivity contribution in [3.05, 3.63) is 0 Å². The van der Waals surface area contributed by atoms with Crippen molar-refractivity contribution in [2.75, 3.05) is 39.3 Å². The van der Waals surface area contributed by atoms with Gasteiger partial charge in [-0.15, -0.1) is 0 Å². The highest BCUT2D eigenvalue weighted by atomic mass is 16.2. The molecule has 2 aliphatic rings. The first-order chi connectivity index (χ1) is 9.63. The first-order valence-corrected chi connectivity index (χ1v) is 8.40. The molecule has 2 heterocycles. The SMILES string of the molecule is CCCCN1CCN(C2CCCN(C(C)C)C2=O)CC1. The van der Waals surface area contributed by atoms with Gasteiger partial charge in [-0.1, -0.05) is 13.3 Å².